The summed E-state index contributed by atoms with van der Waals surface area (Å²) in [5.41, 5.74) is 0. The quantitative estimate of drug-likeness (QED) is 0.606. The fourth-order valence-electron chi connectivity index (χ4n) is 4.65. The highest BCUT2D eigenvalue weighted by Crippen LogP contribution is 2.35. The van der Waals surface area contributed by atoms with E-state index in [9.17, 15) is 0 Å². The summed E-state index contributed by atoms with van der Waals surface area (Å²) in [5, 5.41) is 9.50. The van der Waals surface area contributed by atoms with Crippen molar-refractivity contribution in [2.24, 2.45) is 11.8 Å². The van der Waals surface area contributed by atoms with Gasteiger partial charge in [-0.1, -0.05) is 68.9 Å². The van der Waals surface area contributed by atoms with Crippen LogP contribution in [-0.2, 0) is 0 Å². The van der Waals surface area contributed by atoms with Crippen molar-refractivity contribution in [3.05, 3.63) is 30.3 Å². The van der Waals surface area contributed by atoms with E-state index >= 15 is 0 Å². The van der Waals surface area contributed by atoms with E-state index in [2.05, 4.69) is 54.4 Å². The molecule has 2 aliphatic carbocycles. The van der Waals surface area contributed by atoms with Gasteiger partial charge in [0.05, 0.1) is 8.22 Å². The fraction of sp³-hybridized carbons (Fsp3) is 0.727. The van der Waals surface area contributed by atoms with Gasteiger partial charge in [-0.25, -0.2) is 0 Å². The van der Waals surface area contributed by atoms with Gasteiger partial charge in [-0.15, -0.1) is 0 Å². The fourth-order valence-corrected chi connectivity index (χ4v) is 6.73. The highest BCUT2D eigenvalue weighted by Gasteiger charge is 2.26. The largest absolute Gasteiger partial charge is 0.277 e. The lowest BCUT2D eigenvalue weighted by Crippen LogP contribution is -2.41. The molecule has 0 unspecified atom stereocenters. The molecule has 3 rings (SSSR count). The standard InChI is InChI=1S/C22H37N2P/c1-18(20-12-6-3-7-13-20)23-25(22-16-10-5-11-17-22)24-19(2)21-14-8-4-9-15-21/h5,10-11,16-21,23-24H,3-4,6-9,12-15H2,1-2H3/t18-,19-/m1/s1. The molecular formula is C22H37N2P. The Morgan fingerprint density at radius 3 is 1.60 bits per heavy atom. The zero-order chi connectivity index (χ0) is 17.5. The van der Waals surface area contributed by atoms with Crippen LogP contribution in [0.2, 0.25) is 0 Å². The SMILES string of the molecule is C[C@@H](NP(N[C@H](C)C1CCCCC1)c1ccccc1)C1CCCCC1. The predicted molar refractivity (Wildman–Crippen MR) is 111 cm³/mol. The van der Waals surface area contributed by atoms with E-state index < -0.39 is 8.22 Å². The Morgan fingerprint density at radius 2 is 1.16 bits per heavy atom. The molecule has 0 heterocycles. The summed E-state index contributed by atoms with van der Waals surface area (Å²) in [6.07, 6.45) is 14.2. The van der Waals surface area contributed by atoms with Gasteiger partial charge in [0, 0.05) is 17.4 Å². The highest BCUT2D eigenvalue weighted by molar-refractivity contribution is 7.61. The third-order valence-electron chi connectivity index (χ3n) is 6.39. The molecule has 0 saturated heterocycles. The van der Waals surface area contributed by atoms with Crippen LogP contribution < -0.4 is 15.5 Å². The maximum absolute atomic E-state index is 4.03. The van der Waals surface area contributed by atoms with Crippen LogP contribution in [0.15, 0.2) is 30.3 Å². The summed E-state index contributed by atoms with van der Waals surface area (Å²) in [6.45, 7) is 4.84. The van der Waals surface area contributed by atoms with Gasteiger partial charge < -0.3 is 0 Å². The summed E-state index contributed by atoms with van der Waals surface area (Å²) in [5.74, 6) is 1.71. The molecule has 0 amide bonds. The molecular weight excluding hydrogens is 323 g/mol. The topological polar surface area (TPSA) is 24.1 Å². The van der Waals surface area contributed by atoms with Crippen molar-refractivity contribution >= 4 is 13.5 Å². The van der Waals surface area contributed by atoms with Crippen LogP contribution in [0.1, 0.15) is 78.1 Å². The number of nitrogens with one attached hydrogen (secondary N) is 2. The summed E-state index contributed by atoms with van der Waals surface area (Å²) in [4.78, 5) is 0. The molecule has 0 aromatic heterocycles. The van der Waals surface area contributed by atoms with Gasteiger partial charge in [-0.3, -0.25) is 10.2 Å². The van der Waals surface area contributed by atoms with Crippen molar-refractivity contribution in [1.29, 1.82) is 0 Å². The molecule has 1 aromatic rings. The molecule has 0 radical (unpaired) electrons. The smallest absolute Gasteiger partial charge is 0.0673 e. The Bertz CT molecular complexity index is 454. The van der Waals surface area contributed by atoms with Crippen LogP contribution in [0.5, 0.6) is 0 Å². The average Bonchev–Trinajstić information content (AvgIpc) is 2.69. The minimum atomic E-state index is -0.484. The van der Waals surface area contributed by atoms with E-state index in [1.54, 1.807) is 0 Å². The monoisotopic (exact) mass is 360 g/mol. The third kappa shape index (κ3) is 5.78. The van der Waals surface area contributed by atoms with E-state index in [4.69, 9.17) is 0 Å². The van der Waals surface area contributed by atoms with E-state index in [0.717, 1.165) is 11.8 Å². The molecule has 2 atom stereocenters. The Hall–Kier alpha value is -0.430. The first kappa shape index (κ1) is 19.3. The van der Waals surface area contributed by atoms with Crippen molar-refractivity contribution in [3.8, 4) is 0 Å². The molecule has 0 spiro atoms. The second kappa shape index (κ2) is 10.0. The van der Waals surface area contributed by atoms with E-state index in [-0.39, 0.29) is 0 Å². The summed E-state index contributed by atoms with van der Waals surface area (Å²) in [6, 6.07) is 12.3. The minimum Gasteiger partial charge on any atom is -0.277 e. The van der Waals surface area contributed by atoms with Crippen molar-refractivity contribution in [3.63, 3.8) is 0 Å². The Labute approximate surface area is 156 Å². The molecule has 2 fully saturated rings. The van der Waals surface area contributed by atoms with Crippen molar-refractivity contribution in [1.82, 2.24) is 10.2 Å². The Balaban J connectivity index is 1.64. The van der Waals surface area contributed by atoms with Crippen LogP contribution in [0.25, 0.3) is 0 Å². The first-order valence-electron chi connectivity index (χ1n) is 10.6. The van der Waals surface area contributed by atoms with Crippen LogP contribution in [-0.4, -0.2) is 12.1 Å². The normalized spacial score (nSPS) is 22.8. The average molecular weight is 361 g/mol. The number of rotatable bonds is 7. The van der Waals surface area contributed by atoms with E-state index in [0.29, 0.717) is 12.1 Å². The maximum atomic E-state index is 4.03. The maximum Gasteiger partial charge on any atom is 0.0673 e. The lowest BCUT2D eigenvalue weighted by Gasteiger charge is -2.36. The van der Waals surface area contributed by atoms with Gasteiger partial charge in [0.1, 0.15) is 0 Å². The molecule has 2 N–H and O–H groups in total. The van der Waals surface area contributed by atoms with Crippen molar-refractivity contribution < 1.29 is 0 Å². The van der Waals surface area contributed by atoms with Crippen LogP contribution in [0.3, 0.4) is 0 Å². The summed E-state index contributed by atoms with van der Waals surface area (Å²) < 4.78 is 0. The number of hydrogen-bond acceptors (Lipinski definition) is 2. The minimum absolute atomic E-state index is 0.484. The highest BCUT2D eigenvalue weighted by atomic mass is 31.1. The van der Waals surface area contributed by atoms with Crippen LogP contribution in [0, 0.1) is 11.8 Å². The van der Waals surface area contributed by atoms with Crippen LogP contribution >= 0.6 is 8.22 Å². The van der Waals surface area contributed by atoms with Gasteiger partial charge in [0.15, 0.2) is 0 Å². The molecule has 3 heteroatoms. The molecule has 1 aromatic carbocycles. The number of benzene rings is 1. The summed E-state index contributed by atoms with van der Waals surface area (Å²) >= 11 is 0. The zero-order valence-electron chi connectivity index (χ0n) is 16.2. The second-order valence-electron chi connectivity index (χ2n) is 8.30. The van der Waals surface area contributed by atoms with Crippen molar-refractivity contribution in [2.45, 2.75) is 90.1 Å². The molecule has 0 aliphatic heterocycles. The lowest BCUT2D eigenvalue weighted by atomic mass is 9.85. The first-order valence-corrected chi connectivity index (χ1v) is 12.0. The van der Waals surface area contributed by atoms with E-state index in [1.165, 1.54) is 69.5 Å². The Kier molecular flexibility index (Phi) is 7.77. The molecule has 25 heavy (non-hydrogen) atoms. The molecule has 2 aliphatic rings. The predicted octanol–water partition coefficient (Wildman–Crippen LogP) is 5.74. The van der Waals surface area contributed by atoms with Gasteiger partial charge in [0.2, 0.25) is 0 Å². The van der Waals surface area contributed by atoms with Gasteiger partial charge in [-0.2, -0.15) is 0 Å². The van der Waals surface area contributed by atoms with Crippen LogP contribution in [0.4, 0.5) is 0 Å². The molecule has 2 saturated carbocycles. The molecule has 0 bridgehead atoms. The molecule has 2 nitrogen and oxygen atoms in total. The second-order valence-corrected chi connectivity index (χ2v) is 10.0. The first-order chi connectivity index (χ1) is 12.2. The lowest BCUT2D eigenvalue weighted by molar-refractivity contribution is 0.297. The zero-order valence-corrected chi connectivity index (χ0v) is 17.1. The van der Waals surface area contributed by atoms with Gasteiger partial charge >= 0.3 is 0 Å². The van der Waals surface area contributed by atoms with Gasteiger partial charge in [0.25, 0.3) is 0 Å². The Morgan fingerprint density at radius 1 is 0.720 bits per heavy atom. The van der Waals surface area contributed by atoms with Gasteiger partial charge in [-0.05, 0) is 51.4 Å². The molecule has 140 valence electrons. The van der Waals surface area contributed by atoms with Crippen molar-refractivity contribution in [2.75, 3.05) is 0 Å². The third-order valence-corrected chi connectivity index (χ3v) is 8.54. The number of hydrogen-bond donors (Lipinski definition) is 2. The van der Waals surface area contributed by atoms with E-state index in [1.807, 2.05) is 0 Å². The summed E-state index contributed by atoms with van der Waals surface area (Å²) in [7, 11) is -0.484.